The van der Waals surface area contributed by atoms with Gasteiger partial charge in [0.2, 0.25) is 0 Å². The number of aryl methyl sites for hydroxylation is 1. The van der Waals surface area contributed by atoms with Gasteiger partial charge >= 0.3 is 0 Å². The third kappa shape index (κ3) is 3.20. The Hall–Kier alpha value is -1.97. The molecule has 4 heteroatoms. The van der Waals surface area contributed by atoms with E-state index in [1.807, 2.05) is 16.9 Å². The molecule has 21 heavy (non-hydrogen) atoms. The number of aromatic nitrogens is 2. The minimum Gasteiger partial charge on any atom is -0.294 e. The van der Waals surface area contributed by atoms with Gasteiger partial charge in [0.05, 0.1) is 18.2 Å². The van der Waals surface area contributed by atoms with Crippen LogP contribution in [0.1, 0.15) is 53.3 Å². The summed E-state index contributed by atoms with van der Waals surface area (Å²) in [5.41, 5.74) is 1.94. The molecule has 0 spiro atoms. The molecule has 0 aliphatic heterocycles. The smallest absolute Gasteiger partial charge is 0.168 e. The highest BCUT2D eigenvalue weighted by Gasteiger charge is 2.18. The number of ketones is 1. The second-order valence-corrected chi connectivity index (χ2v) is 5.84. The first kappa shape index (κ1) is 14.0. The van der Waals surface area contributed by atoms with Gasteiger partial charge in [0.1, 0.15) is 5.82 Å². The van der Waals surface area contributed by atoms with E-state index in [1.54, 1.807) is 13.0 Å². The lowest BCUT2D eigenvalue weighted by atomic mass is 10.0. The van der Waals surface area contributed by atoms with Crippen molar-refractivity contribution in [1.82, 2.24) is 9.78 Å². The van der Waals surface area contributed by atoms with Crippen molar-refractivity contribution in [1.29, 1.82) is 0 Å². The summed E-state index contributed by atoms with van der Waals surface area (Å²) < 4.78 is 15.3. The predicted octanol–water partition coefficient (Wildman–Crippen LogP) is 3.87. The average molecular weight is 286 g/mol. The first-order valence-corrected chi connectivity index (χ1v) is 7.46. The van der Waals surface area contributed by atoms with Crippen molar-refractivity contribution in [3.63, 3.8) is 0 Å². The van der Waals surface area contributed by atoms with E-state index >= 15 is 0 Å². The predicted molar refractivity (Wildman–Crippen MR) is 78.9 cm³/mol. The Morgan fingerprint density at radius 1 is 1.33 bits per heavy atom. The summed E-state index contributed by atoms with van der Waals surface area (Å²) in [6, 6.07) is 6.81. The number of Topliss-reactive ketones (excluding diaryl/α,β-unsaturated/α-hetero) is 1. The zero-order valence-corrected chi connectivity index (χ0v) is 12.2. The molecular formula is C17H19FN2O. The molecule has 0 unspecified atom stereocenters. The first-order chi connectivity index (χ1) is 10.1. The van der Waals surface area contributed by atoms with Gasteiger partial charge in [0.15, 0.2) is 5.78 Å². The molecule has 1 fully saturated rings. The van der Waals surface area contributed by atoms with Crippen molar-refractivity contribution in [2.75, 3.05) is 0 Å². The van der Waals surface area contributed by atoms with Crippen LogP contribution in [0.4, 0.5) is 4.39 Å². The highest BCUT2D eigenvalue weighted by molar-refractivity contribution is 5.97. The van der Waals surface area contributed by atoms with Gasteiger partial charge in [0, 0.05) is 11.8 Å². The number of halogens is 1. The molecule has 0 saturated heterocycles. The molecule has 1 saturated carbocycles. The molecule has 0 N–H and O–H groups in total. The lowest BCUT2D eigenvalue weighted by Crippen LogP contribution is -2.08. The number of carbonyl (C=O) groups excluding carboxylic acids is 1. The van der Waals surface area contributed by atoms with E-state index in [0.717, 1.165) is 24.1 Å². The van der Waals surface area contributed by atoms with E-state index in [9.17, 15) is 9.18 Å². The second-order valence-electron chi connectivity index (χ2n) is 5.84. The SMILES string of the molecule is Cc1cc(F)cc(C(=O)Cc2ccn(C3CCCC3)n2)c1. The summed E-state index contributed by atoms with van der Waals surface area (Å²) in [6.45, 7) is 1.79. The average Bonchev–Trinajstić information content (AvgIpc) is 3.07. The maximum Gasteiger partial charge on any atom is 0.168 e. The molecule has 1 aromatic heterocycles. The van der Waals surface area contributed by atoms with E-state index in [2.05, 4.69) is 5.10 Å². The quantitative estimate of drug-likeness (QED) is 0.800. The zero-order valence-electron chi connectivity index (χ0n) is 12.2. The summed E-state index contributed by atoms with van der Waals surface area (Å²) >= 11 is 0. The molecule has 1 aliphatic carbocycles. The minimum absolute atomic E-state index is 0.0886. The monoisotopic (exact) mass is 286 g/mol. The molecule has 1 heterocycles. The summed E-state index contributed by atoms with van der Waals surface area (Å²) in [6.07, 6.45) is 7.01. The Kier molecular flexibility index (Phi) is 3.86. The molecule has 3 rings (SSSR count). The first-order valence-electron chi connectivity index (χ1n) is 7.46. The van der Waals surface area contributed by atoms with Gasteiger partial charge in [-0.2, -0.15) is 5.10 Å². The standard InChI is InChI=1S/C17H19FN2O/c1-12-8-13(10-14(18)9-12)17(21)11-15-6-7-20(19-15)16-4-2-3-5-16/h6-10,16H,2-5,11H2,1H3. The molecule has 0 radical (unpaired) electrons. The van der Waals surface area contributed by atoms with Gasteiger partial charge in [0.25, 0.3) is 0 Å². The molecule has 0 atom stereocenters. The Morgan fingerprint density at radius 2 is 2.10 bits per heavy atom. The van der Waals surface area contributed by atoms with Crippen molar-refractivity contribution >= 4 is 5.78 Å². The van der Waals surface area contributed by atoms with E-state index in [4.69, 9.17) is 0 Å². The fourth-order valence-corrected chi connectivity index (χ4v) is 3.01. The Morgan fingerprint density at radius 3 is 2.81 bits per heavy atom. The number of rotatable bonds is 4. The minimum atomic E-state index is -0.366. The highest BCUT2D eigenvalue weighted by Crippen LogP contribution is 2.28. The Labute approximate surface area is 123 Å². The summed E-state index contributed by atoms with van der Waals surface area (Å²) in [4.78, 5) is 12.2. The van der Waals surface area contributed by atoms with E-state index < -0.39 is 0 Å². The largest absolute Gasteiger partial charge is 0.294 e. The normalized spacial score (nSPS) is 15.5. The lowest BCUT2D eigenvalue weighted by Gasteiger charge is -2.08. The summed E-state index contributed by atoms with van der Waals surface area (Å²) in [5.74, 6) is -0.455. The van der Waals surface area contributed by atoms with Crippen molar-refractivity contribution in [2.45, 2.75) is 45.1 Å². The maximum absolute atomic E-state index is 13.4. The van der Waals surface area contributed by atoms with Crippen molar-refractivity contribution < 1.29 is 9.18 Å². The van der Waals surface area contributed by atoms with Crippen LogP contribution in [0.3, 0.4) is 0 Å². The molecule has 2 aromatic rings. The van der Waals surface area contributed by atoms with E-state index in [-0.39, 0.29) is 18.0 Å². The van der Waals surface area contributed by atoms with Gasteiger partial charge in [-0.1, -0.05) is 12.8 Å². The molecule has 110 valence electrons. The highest BCUT2D eigenvalue weighted by atomic mass is 19.1. The van der Waals surface area contributed by atoms with Crippen LogP contribution in [0.2, 0.25) is 0 Å². The van der Waals surface area contributed by atoms with E-state index in [0.29, 0.717) is 11.6 Å². The van der Waals surface area contributed by atoms with Gasteiger partial charge in [-0.05, 0) is 49.6 Å². The number of benzene rings is 1. The topological polar surface area (TPSA) is 34.9 Å². The molecule has 0 amide bonds. The van der Waals surface area contributed by atoms with Crippen LogP contribution in [-0.2, 0) is 6.42 Å². The third-order valence-electron chi connectivity index (χ3n) is 4.07. The maximum atomic E-state index is 13.4. The van der Waals surface area contributed by atoms with Crippen LogP contribution in [0, 0.1) is 12.7 Å². The van der Waals surface area contributed by atoms with Crippen LogP contribution in [0.15, 0.2) is 30.5 Å². The summed E-state index contributed by atoms with van der Waals surface area (Å²) in [5, 5.41) is 4.50. The van der Waals surface area contributed by atoms with Crippen LogP contribution in [0.25, 0.3) is 0 Å². The van der Waals surface area contributed by atoms with Crippen LogP contribution >= 0.6 is 0 Å². The second kappa shape index (κ2) is 5.80. The number of hydrogen-bond acceptors (Lipinski definition) is 2. The van der Waals surface area contributed by atoms with Crippen molar-refractivity contribution in [2.24, 2.45) is 0 Å². The Balaban J connectivity index is 1.72. The molecule has 1 aromatic carbocycles. The zero-order chi connectivity index (χ0) is 14.8. The molecular weight excluding hydrogens is 267 g/mol. The molecule has 3 nitrogen and oxygen atoms in total. The van der Waals surface area contributed by atoms with Crippen molar-refractivity contribution in [3.05, 3.63) is 53.1 Å². The lowest BCUT2D eigenvalue weighted by molar-refractivity contribution is 0.0991. The number of nitrogens with zero attached hydrogens (tertiary/aromatic N) is 2. The molecule has 1 aliphatic rings. The third-order valence-corrected chi connectivity index (χ3v) is 4.07. The van der Waals surface area contributed by atoms with Gasteiger partial charge in [-0.3, -0.25) is 9.48 Å². The van der Waals surface area contributed by atoms with Crippen LogP contribution in [-0.4, -0.2) is 15.6 Å². The number of hydrogen-bond donors (Lipinski definition) is 0. The number of carbonyl (C=O) groups is 1. The van der Waals surface area contributed by atoms with Gasteiger partial charge in [-0.25, -0.2) is 4.39 Å². The van der Waals surface area contributed by atoms with E-state index in [1.165, 1.54) is 25.0 Å². The fraction of sp³-hybridized carbons (Fsp3) is 0.412. The van der Waals surface area contributed by atoms with Gasteiger partial charge in [-0.15, -0.1) is 0 Å². The summed E-state index contributed by atoms with van der Waals surface area (Å²) in [7, 11) is 0. The fourth-order valence-electron chi connectivity index (χ4n) is 3.01. The van der Waals surface area contributed by atoms with Gasteiger partial charge < -0.3 is 0 Å². The van der Waals surface area contributed by atoms with Crippen LogP contribution in [0.5, 0.6) is 0 Å². The van der Waals surface area contributed by atoms with Crippen LogP contribution < -0.4 is 0 Å². The van der Waals surface area contributed by atoms with Crippen molar-refractivity contribution in [3.8, 4) is 0 Å². The Bertz CT molecular complexity index is 636. The molecule has 0 bridgehead atoms.